The molecule has 0 radical (unpaired) electrons. The minimum atomic E-state index is -0.303. The average molecular weight is 299 g/mol. The van der Waals surface area contributed by atoms with Gasteiger partial charge in [0.15, 0.2) is 11.6 Å². The van der Waals surface area contributed by atoms with E-state index in [2.05, 4.69) is 42.6 Å². The molecule has 2 nitrogen and oxygen atoms in total. The number of benzene rings is 2. The molecule has 2 aromatic rings. The Kier molecular flexibility index (Phi) is 4.44. The molecule has 1 aliphatic rings. The molecule has 1 saturated carbocycles. The lowest BCUT2D eigenvalue weighted by Gasteiger charge is -2.15. The minimum Gasteiger partial charge on any atom is -0.494 e. The van der Waals surface area contributed by atoms with Crippen LogP contribution in [0.2, 0.25) is 0 Å². The standard InChI is InChI=1S/C19H22FNO/c1-13(15-8-9-19(22-2)18(20)11-15)21-12-16-10-17(16)14-6-4-3-5-7-14/h3-9,11,13,16-17,21H,10,12H2,1-2H3/t13-,16-,17-/m0/s1. The van der Waals surface area contributed by atoms with E-state index < -0.39 is 0 Å². The molecule has 0 unspecified atom stereocenters. The maximum absolute atomic E-state index is 13.8. The Morgan fingerprint density at radius 3 is 2.68 bits per heavy atom. The van der Waals surface area contributed by atoms with Crippen molar-refractivity contribution in [2.24, 2.45) is 5.92 Å². The van der Waals surface area contributed by atoms with Gasteiger partial charge in [0, 0.05) is 6.04 Å². The van der Waals surface area contributed by atoms with Crippen LogP contribution in [0.1, 0.15) is 36.4 Å². The van der Waals surface area contributed by atoms with Gasteiger partial charge < -0.3 is 10.1 Å². The molecule has 22 heavy (non-hydrogen) atoms. The molecule has 0 heterocycles. The maximum Gasteiger partial charge on any atom is 0.165 e. The van der Waals surface area contributed by atoms with Crippen molar-refractivity contribution >= 4 is 0 Å². The SMILES string of the molecule is COc1ccc([C@H](C)NC[C@@H]2C[C@H]2c2ccccc2)cc1F. The van der Waals surface area contributed by atoms with Gasteiger partial charge in [-0.1, -0.05) is 36.4 Å². The summed E-state index contributed by atoms with van der Waals surface area (Å²) in [6.45, 7) is 3.04. The second kappa shape index (κ2) is 6.49. The van der Waals surface area contributed by atoms with Crippen molar-refractivity contribution in [2.75, 3.05) is 13.7 Å². The molecule has 1 aliphatic carbocycles. The lowest BCUT2D eigenvalue weighted by molar-refractivity contribution is 0.385. The van der Waals surface area contributed by atoms with E-state index in [1.54, 1.807) is 12.1 Å². The fourth-order valence-corrected chi connectivity index (χ4v) is 2.98. The van der Waals surface area contributed by atoms with Crippen molar-refractivity contribution in [1.82, 2.24) is 5.32 Å². The van der Waals surface area contributed by atoms with Crippen LogP contribution in [0, 0.1) is 11.7 Å². The number of hydrogen-bond acceptors (Lipinski definition) is 2. The van der Waals surface area contributed by atoms with Gasteiger partial charge in [0.05, 0.1) is 7.11 Å². The van der Waals surface area contributed by atoms with Crippen LogP contribution in [0.25, 0.3) is 0 Å². The molecular weight excluding hydrogens is 277 g/mol. The van der Waals surface area contributed by atoms with Gasteiger partial charge in [-0.05, 0) is 55.0 Å². The Hall–Kier alpha value is -1.87. The van der Waals surface area contributed by atoms with Gasteiger partial charge in [0.1, 0.15) is 0 Å². The fourth-order valence-electron chi connectivity index (χ4n) is 2.98. The fraction of sp³-hybridized carbons (Fsp3) is 0.368. The Labute approximate surface area is 131 Å². The van der Waals surface area contributed by atoms with Crippen LogP contribution in [-0.2, 0) is 0 Å². The number of methoxy groups -OCH3 is 1. The first-order valence-electron chi connectivity index (χ1n) is 7.81. The molecule has 0 saturated heterocycles. The summed E-state index contributed by atoms with van der Waals surface area (Å²) >= 11 is 0. The summed E-state index contributed by atoms with van der Waals surface area (Å²) in [4.78, 5) is 0. The highest BCUT2D eigenvalue weighted by molar-refractivity contribution is 5.31. The summed E-state index contributed by atoms with van der Waals surface area (Å²) in [5, 5.41) is 3.52. The summed E-state index contributed by atoms with van der Waals surface area (Å²) in [7, 11) is 1.48. The molecule has 1 N–H and O–H groups in total. The van der Waals surface area contributed by atoms with Crippen LogP contribution >= 0.6 is 0 Å². The van der Waals surface area contributed by atoms with E-state index in [9.17, 15) is 4.39 Å². The van der Waals surface area contributed by atoms with E-state index in [4.69, 9.17) is 4.74 Å². The molecule has 2 aromatic carbocycles. The van der Waals surface area contributed by atoms with E-state index in [0.717, 1.165) is 12.1 Å². The third kappa shape index (κ3) is 3.30. The topological polar surface area (TPSA) is 21.3 Å². The van der Waals surface area contributed by atoms with Gasteiger partial charge in [-0.2, -0.15) is 0 Å². The molecule has 0 amide bonds. The third-order valence-electron chi connectivity index (χ3n) is 4.51. The van der Waals surface area contributed by atoms with Gasteiger partial charge in [-0.3, -0.25) is 0 Å². The van der Waals surface area contributed by atoms with Crippen molar-refractivity contribution in [3.05, 3.63) is 65.5 Å². The van der Waals surface area contributed by atoms with E-state index in [-0.39, 0.29) is 11.9 Å². The van der Waals surface area contributed by atoms with E-state index in [0.29, 0.717) is 17.6 Å². The van der Waals surface area contributed by atoms with Crippen LogP contribution in [0.5, 0.6) is 5.75 Å². The second-order valence-electron chi connectivity index (χ2n) is 6.04. The average Bonchev–Trinajstić information content (AvgIpc) is 3.33. The van der Waals surface area contributed by atoms with Gasteiger partial charge in [0.25, 0.3) is 0 Å². The van der Waals surface area contributed by atoms with Gasteiger partial charge in [-0.25, -0.2) is 4.39 Å². The smallest absolute Gasteiger partial charge is 0.165 e. The van der Waals surface area contributed by atoms with E-state index in [1.807, 2.05) is 6.07 Å². The van der Waals surface area contributed by atoms with E-state index in [1.165, 1.54) is 19.1 Å². The summed E-state index contributed by atoms with van der Waals surface area (Å²) in [5.41, 5.74) is 2.38. The number of hydrogen-bond donors (Lipinski definition) is 1. The zero-order chi connectivity index (χ0) is 15.5. The van der Waals surface area contributed by atoms with Crippen LogP contribution in [0.4, 0.5) is 4.39 Å². The molecule has 0 aromatic heterocycles. The third-order valence-corrected chi connectivity index (χ3v) is 4.51. The van der Waals surface area contributed by atoms with Crippen LogP contribution in [-0.4, -0.2) is 13.7 Å². The van der Waals surface area contributed by atoms with Crippen LogP contribution < -0.4 is 10.1 Å². The Balaban J connectivity index is 1.53. The molecule has 0 spiro atoms. The molecule has 3 heteroatoms. The molecule has 0 bridgehead atoms. The number of rotatable bonds is 6. The lowest BCUT2D eigenvalue weighted by Crippen LogP contribution is -2.21. The highest BCUT2D eigenvalue weighted by atomic mass is 19.1. The normalized spacial score (nSPS) is 21.4. The predicted octanol–water partition coefficient (Wildman–Crippen LogP) is 4.29. The zero-order valence-corrected chi connectivity index (χ0v) is 13.1. The molecular formula is C19H22FNO. The highest BCUT2D eigenvalue weighted by Gasteiger charge is 2.37. The molecule has 1 fully saturated rings. The first kappa shape index (κ1) is 15.0. The largest absolute Gasteiger partial charge is 0.494 e. The van der Waals surface area contributed by atoms with Gasteiger partial charge >= 0.3 is 0 Å². The van der Waals surface area contributed by atoms with Crippen molar-refractivity contribution < 1.29 is 9.13 Å². The molecule has 0 aliphatic heterocycles. The molecule has 3 atom stereocenters. The summed E-state index contributed by atoms with van der Waals surface area (Å²) in [5.74, 6) is 1.35. The first-order valence-corrected chi connectivity index (χ1v) is 7.81. The lowest BCUT2D eigenvalue weighted by atomic mass is 10.1. The quantitative estimate of drug-likeness (QED) is 0.859. The van der Waals surface area contributed by atoms with Crippen LogP contribution in [0.15, 0.2) is 48.5 Å². The van der Waals surface area contributed by atoms with Gasteiger partial charge in [0.2, 0.25) is 0 Å². The van der Waals surface area contributed by atoms with Crippen LogP contribution in [0.3, 0.4) is 0 Å². The summed E-state index contributed by atoms with van der Waals surface area (Å²) in [6.07, 6.45) is 1.24. The minimum absolute atomic E-state index is 0.137. The molecule has 3 rings (SSSR count). The van der Waals surface area contributed by atoms with Crippen molar-refractivity contribution in [2.45, 2.75) is 25.3 Å². The number of ether oxygens (including phenoxy) is 1. The van der Waals surface area contributed by atoms with E-state index >= 15 is 0 Å². The van der Waals surface area contributed by atoms with Crippen molar-refractivity contribution in [3.63, 3.8) is 0 Å². The Morgan fingerprint density at radius 1 is 1.23 bits per heavy atom. The Morgan fingerprint density at radius 2 is 2.00 bits per heavy atom. The summed E-state index contributed by atoms with van der Waals surface area (Å²) < 4.78 is 18.7. The second-order valence-corrected chi connectivity index (χ2v) is 6.04. The Bertz CT molecular complexity index is 629. The highest BCUT2D eigenvalue weighted by Crippen LogP contribution is 2.47. The van der Waals surface area contributed by atoms with Crippen molar-refractivity contribution in [3.8, 4) is 5.75 Å². The zero-order valence-electron chi connectivity index (χ0n) is 13.1. The van der Waals surface area contributed by atoms with Gasteiger partial charge in [-0.15, -0.1) is 0 Å². The number of halogens is 1. The predicted molar refractivity (Wildman–Crippen MR) is 86.7 cm³/mol. The maximum atomic E-state index is 13.8. The number of nitrogens with one attached hydrogen (secondary N) is 1. The first-order chi connectivity index (χ1) is 10.7. The summed E-state index contributed by atoms with van der Waals surface area (Å²) in [6, 6.07) is 15.9. The molecule has 116 valence electrons. The van der Waals surface area contributed by atoms with Crippen molar-refractivity contribution in [1.29, 1.82) is 0 Å². The monoisotopic (exact) mass is 299 g/mol.